The summed E-state index contributed by atoms with van der Waals surface area (Å²) in [5.41, 5.74) is 0.840. The largest absolute Gasteiger partial charge is 0.339 e. The molecular formula is C14H19BrN2OS. The number of likely N-dealkylation sites (tertiary alicyclic amines) is 1. The quantitative estimate of drug-likeness (QED) is 0.850. The number of carbonyl (C=O) groups is 1. The van der Waals surface area contributed by atoms with Gasteiger partial charge in [0, 0.05) is 18.0 Å². The molecule has 2 aliphatic heterocycles. The molecule has 2 fully saturated rings. The highest BCUT2D eigenvalue weighted by Crippen LogP contribution is 2.31. The minimum absolute atomic E-state index is 0.198. The maximum Gasteiger partial charge on any atom is 0.255 e. The highest BCUT2D eigenvalue weighted by molar-refractivity contribution is 9.11. The number of rotatable bonds is 1. The van der Waals surface area contributed by atoms with Gasteiger partial charge in [0.15, 0.2) is 0 Å². The van der Waals surface area contributed by atoms with E-state index in [0.717, 1.165) is 60.2 Å². The van der Waals surface area contributed by atoms with Gasteiger partial charge in [0.05, 0.1) is 9.35 Å². The van der Waals surface area contributed by atoms with Gasteiger partial charge in [-0.2, -0.15) is 0 Å². The summed E-state index contributed by atoms with van der Waals surface area (Å²) < 4.78 is 0.973. The topological polar surface area (TPSA) is 32.3 Å². The minimum atomic E-state index is 0.198. The molecule has 19 heavy (non-hydrogen) atoms. The molecule has 5 heteroatoms. The van der Waals surface area contributed by atoms with Crippen molar-refractivity contribution in [1.29, 1.82) is 0 Å². The van der Waals surface area contributed by atoms with Crippen molar-refractivity contribution in [3.05, 3.63) is 20.3 Å². The third-order valence-corrected chi connectivity index (χ3v) is 6.10. The number of nitrogens with one attached hydrogen (secondary N) is 1. The molecule has 2 atom stereocenters. The minimum Gasteiger partial charge on any atom is -0.339 e. The van der Waals surface area contributed by atoms with Crippen LogP contribution in [0.3, 0.4) is 0 Å². The van der Waals surface area contributed by atoms with E-state index in [1.54, 1.807) is 11.3 Å². The zero-order valence-electron chi connectivity index (χ0n) is 11.1. The first kappa shape index (κ1) is 13.6. The fourth-order valence-electron chi connectivity index (χ4n) is 3.22. The normalized spacial score (nSPS) is 27.2. The Morgan fingerprint density at radius 2 is 2.00 bits per heavy atom. The van der Waals surface area contributed by atoms with Crippen LogP contribution in [0, 0.1) is 18.8 Å². The molecule has 1 N–H and O–H groups in total. The molecule has 0 aliphatic carbocycles. The summed E-state index contributed by atoms with van der Waals surface area (Å²) in [5.74, 6) is 1.74. The van der Waals surface area contributed by atoms with E-state index >= 15 is 0 Å². The Labute approximate surface area is 126 Å². The summed E-state index contributed by atoms with van der Waals surface area (Å²) in [4.78, 5) is 15.8. The lowest BCUT2D eigenvalue weighted by Crippen LogP contribution is -2.32. The number of carbonyl (C=O) groups excluding carboxylic acids is 1. The fourth-order valence-corrected chi connectivity index (χ4v) is 4.99. The number of nitrogens with zero attached hydrogens (tertiary/aromatic N) is 1. The van der Waals surface area contributed by atoms with Crippen molar-refractivity contribution in [2.75, 3.05) is 26.2 Å². The predicted molar refractivity (Wildman–Crippen MR) is 81.7 cm³/mol. The van der Waals surface area contributed by atoms with E-state index in [-0.39, 0.29) is 5.91 Å². The van der Waals surface area contributed by atoms with Gasteiger partial charge in [-0.25, -0.2) is 0 Å². The molecule has 0 saturated carbocycles. The Morgan fingerprint density at radius 3 is 2.53 bits per heavy atom. The van der Waals surface area contributed by atoms with Gasteiger partial charge in [0.25, 0.3) is 5.91 Å². The number of amides is 1. The Balaban J connectivity index is 1.72. The lowest BCUT2D eigenvalue weighted by atomic mass is 9.92. The van der Waals surface area contributed by atoms with Crippen LogP contribution in [0.15, 0.2) is 9.85 Å². The molecule has 104 valence electrons. The zero-order chi connectivity index (χ0) is 13.4. The van der Waals surface area contributed by atoms with E-state index in [0.29, 0.717) is 0 Å². The third-order valence-electron chi connectivity index (χ3n) is 4.35. The monoisotopic (exact) mass is 342 g/mol. The molecule has 0 aromatic carbocycles. The van der Waals surface area contributed by atoms with Gasteiger partial charge in [-0.1, -0.05) is 0 Å². The average molecular weight is 343 g/mol. The van der Waals surface area contributed by atoms with Crippen LogP contribution in [0.2, 0.25) is 0 Å². The van der Waals surface area contributed by atoms with Crippen molar-refractivity contribution in [2.24, 2.45) is 11.8 Å². The molecule has 0 bridgehead atoms. The van der Waals surface area contributed by atoms with Gasteiger partial charge in [-0.05, 0) is 66.7 Å². The highest BCUT2D eigenvalue weighted by Gasteiger charge is 2.32. The van der Waals surface area contributed by atoms with Gasteiger partial charge >= 0.3 is 0 Å². The Kier molecular flexibility index (Phi) is 3.96. The van der Waals surface area contributed by atoms with Crippen molar-refractivity contribution in [1.82, 2.24) is 10.2 Å². The maximum atomic E-state index is 12.6. The van der Waals surface area contributed by atoms with E-state index in [4.69, 9.17) is 0 Å². The summed E-state index contributed by atoms with van der Waals surface area (Å²) in [6.45, 7) is 6.12. The SMILES string of the molecule is Cc1cc(C(=O)N2CC[C@@H]3CNC[C@@H]3CC2)c(Br)s1. The van der Waals surface area contributed by atoms with Gasteiger partial charge < -0.3 is 10.2 Å². The van der Waals surface area contributed by atoms with Gasteiger partial charge in [-0.3, -0.25) is 4.79 Å². The van der Waals surface area contributed by atoms with Crippen molar-refractivity contribution < 1.29 is 4.79 Å². The van der Waals surface area contributed by atoms with Gasteiger partial charge in [0.2, 0.25) is 0 Å². The number of fused-ring (bicyclic) bond motifs is 1. The molecule has 3 nitrogen and oxygen atoms in total. The Hall–Kier alpha value is -0.390. The van der Waals surface area contributed by atoms with Gasteiger partial charge in [-0.15, -0.1) is 11.3 Å². The second-order valence-electron chi connectivity index (χ2n) is 5.59. The number of hydrogen-bond donors (Lipinski definition) is 1. The molecule has 0 radical (unpaired) electrons. The molecular weight excluding hydrogens is 324 g/mol. The van der Waals surface area contributed by atoms with Crippen LogP contribution in [0.4, 0.5) is 0 Å². The third kappa shape index (κ3) is 2.73. The first-order valence-corrected chi connectivity index (χ1v) is 8.52. The Morgan fingerprint density at radius 1 is 1.37 bits per heavy atom. The Bertz CT molecular complexity index is 474. The lowest BCUT2D eigenvalue weighted by Gasteiger charge is -2.20. The van der Waals surface area contributed by atoms with E-state index in [2.05, 4.69) is 21.2 Å². The van der Waals surface area contributed by atoms with Crippen molar-refractivity contribution >= 4 is 33.2 Å². The second kappa shape index (κ2) is 5.54. The van der Waals surface area contributed by atoms with Gasteiger partial charge in [0.1, 0.15) is 0 Å². The summed E-state index contributed by atoms with van der Waals surface area (Å²) >= 11 is 5.16. The lowest BCUT2D eigenvalue weighted by molar-refractivity contribution is 0.0758. The zero-order valence-corrected chi connectivity index (χ0v) is 13.5. The van der Waals surface area contributed by atoms with Crippen molar-refractivity contribution in [2.45, 2.75) is 19.8 Å². The van der Waals surface area contributed by atoms with E-state index in [1.165, 1.54) is 4.88 Å². The molecule has 3 heterocycles. The summed E-state index contributed by atoms with van der Waals surface area (Å²) in [7, 11) is 0. The summed E-state index contributed by atoms with van der Waals surface area (Å²) in [6.07, 6.45) is 2.29. The molecule has 2 aliphatic rings. The smallest absolute Gasteiger partial charge is 0.255 e. The van der Waals surface area contributed by atoms with Crippen LogP contribution in [0.25, 0.3) is 0 Å². The highest BCUT2D eigenvalue weighted by atomic mass is 79.9. The van der Waals surface area contributed by atoms with Crippen LogP contribution in [0.1, 0.15) is 28.1 Å². The maximum absolute atomic E-state index is 12.6. The molecule has 2 saturated heterocycles. The van der Waals surface area contributed by atoms with Crippen LogP contribution < -0.4 is 5.32 Å². The first-order chi connectivity index (χ1) is 9.15. The van der Waals surface area contributed by atoms with E-state index < -0.39 is 0 Å². The van der Waals surface area contributed by atoms with Crippen LogP contribution in [-0.2, 0) is 0 Å². The molecule has 0 unspecified atom stereocenters. The molecule has 1 aromatic rings. The first-order valence-electron chi connectivity index (χ1n) is 6.91. The molecule has 0 spiro atoms. The average Bonchev–Trinajstić information content (AvgIpc) is 2.90. The van der Waals surface area contributed by atoms with Crippen molar-refractivity contribution in [3.63, 3.8) is 0 Å². The van der Waals surface area contributed by atoms with Crippen LogP contribution in [0.5, 0.6) is 0 Å². The summed E-state index contributed by atoms with van der Waals surface area (Å²) in [6, 6.07) is 2.00. The second-order valence-corrected chi connectivity index (χ2v) is 8.17. The molecule has 1 aromatic heterocycles. The van der Waals surface area contributed by atoms with Crippen LogP contribution in [-0.4, -0.2) is 37.0 Å². The molecule has 1 amide bonds. The predicted octanol–water partition coefficient (Wildman–Crippen LogP) is 2.89. The molecule has 3 rings (SSSR count). The van der Waals surface area contributed by atoms with Crippen molar-refractivity contribution in [3.8, 4) is 0 Å². The van der Waals surface area contributed by atoms with E-state index in [1.807, 2.05) is 17.9 Å². The fraction of sp³-hybridized carbons (Fsp3) is 0.643. The van der Waals surface area contributed by atoms with E-state index in [9.17, 15) is 4.79 Å². The number of thiophene rings is 1. The summed E-state index contributed by atoms with van der Waals surface area (Å²) in [5, 5.41) is 3.47. The number of hydrogen-bond acceptors (Lipinski definition) is 3. The standard InChI is InChI=1S/C14H19BrN2OS/c1-9-6-12(13(15)19-9)14(18)17-4-2-10-7-16-8-11(10)3-5-17/h6,10-11,16H,2-5,7-8H2,1H3/t10-,11+. The number of halogens is 1. The number of aryl methyl sites for hydroxylation is 1. The van der Waals surface area contributed by atoms with Crippen LogP contribution >= 0.6 is 27.3 Å².